The van der Waals surface area contributed by atoms with Gasteiger partial charge in [-0.15, -0.1) is 12.4 Å². The topological polar surface area (TPSA) is 29.3 Å². The van der Waals surface area contributed by atoms with Crippen molar-refractivity contribution in [3.8, 4) is 0 Å². The lowest BCUT2D eigenvalue weighted by molar-refractivity contribution is 0.274. The Labute approximate surface area is 105 Å². The Morgan fingerprint density at radius 2 is 2.20 bits per heavy atom. The van der Waals surface area contributed by atoms with E-state index in [-0.39, 0.29) is 12.4 Å². The second kappa shape index (κ2) is 8.68. The molecule has 1 saturated heterocycles. The minimum atomic E-state index is 0. The molecule has 0 saturated carbocycles. The van der Waals surface area contributed by atoms with Crippen molar-refractivity contribution in [2.45, 2.75) is 44.4 Å². The summed E-state index contributed by atoms with van der Waals surface area (Å²) in [6.45, 7) is 7.93. The molecule has 0 spiro atoms. The Balaban J connectivity index is 0.00000196. The van der Waals surface area contributed by atoms with Crippen LogP contribution in [0.25, 0.3) is 0 Å². The van der Waals surface area contributed by atoms with Crippen molar-refractivity contribution in [3.63, 3.8) is 0 Å². The van der Waals surface area contributed by atoms with Crippen LogP contribution < -0.4 is 5.73 Å². The lowest BCUT2D eigenvalue weighted by atomic mass is 10.2. The summed E-state index contributed by atoms with van der Waals surface area (Å²) >= 11 is 2.11. The van der Waals surface area contributed by atoms with E-state index in [1.807, 2.05) is 0 Å². The van der Waals surface area contributed by atoms with E-state index in [1.54, 1.807) is 0 Å². The van der Waals surface area contributed by atoms with Gasteiger partial charge in [0.1, 0.15) is 0 Å². The number of rotatable bonds is 4. The van der Waals surface area contributed by atoms with Crippen LogP contribution in [0, 0.1) is 0 Å². The summed E-state index contributed by atoms with van der Waals surface area (Å²) in [5.74, 6) is 1.25. The number of nitrogens with zero attached hydrogens (tertiary/aromatic N) is 1. The zero-order valence-corrected chi connectivity index (χ0v) is 11.6. The Morgan fingerprint density at radius 1 is 1.47 bits per heavy atom. The third-order valence-electron chi connectivity index (χ3n) is 2.66. The molecule has 1 rings (SSSR count). The molecule has 0 aromatic rings. The standard InChI is InChI=1S/C11H24N2S.ClH/c1-3-14-11-6-4-5-7-13(9-11)8-10(2)12;/h10-11H,3-9,12H2,1-2H3;1H. The number of hydrogen-bond donors (Lipinski definition) is 1. The lowest BCUT2D eigenvalue weighted by Crippen LogP contribution is -2.38. The normalized spacial score (nSPS) is 25.4. The maximum atomic E-state index is 5.85. The van der Waals surface area contributed by atoms with E-state index in [0.717, 1.165) is 11.8 Å². The molecule has 1 fully saturated rings. The second-order valence-corrected chi connectivity index (χ2v) is 5.89. The summed E-state index contributed by atoms with van der Waals surface area (Å²) in [5.41, 5.74) is 5.85. The fraction of sp³-hybridized carbons (Fsp3) is 1.00. The molecule has 0 aromatic heterocycles. The molecule has 0 aliphatic carbocycles. The van der Waals surface area contributed by atoms with Crippen molar-refractivity contribution >= 4 is 24.2 Å². The van der Waals surface area contributed by atoms with Crippen molar-refractivity contribution in [3.05, 3.63) is 0 Å². The number of nitrogens with two attached hydrogens (primary N) is 1. The Bertz CT molecular complexity index is 156. The fourth-order valence-electron chi connectivity index (χ4n) is 2.12. The van der Waals surface area contributed by atoms with Gasteiger partial charge in [-0.1, -0.05) is 13.3 Å². The van der Waals surface area contributed by atoms with E-state index in [1.165, 1.54) is 38.1 Å². The van der Waals surface area contributed by atoms with E-state index in [4.69, 9.17) is 5.73 Å². The molecule has 92 valence electrons. The van der Waals surface area contributed by atoms with Crippen LogP contribution in [0.1, 0.15) is 33.1 Å². The maximum absolute atomic E-state index is 5.85. The molecule has 2 atom stereocenters. The lowest BCUT2D eigenvalue weighted by Gasteiger charge is -2.25. The molecule has 4 heteroatoms. The largest absolute Gasteiger partial charge is 0.327 e. The molecule has 0 bridgehead atoms. The third-order valence-corrected chi connectivity index (χ3v) is 3.85. The Kier molecular flexibility index (Phi) is 9.01. The quantitative estimate of drug-likeness (QED) is 0.833. The van der Waals surface area contributed by atoms with Crippen LogP contribution in [0.5, 0.6) is 0 Å². The number of halogens is 1. The summed E-state index contributed by atoms with van der Waals surface area (Å²) in [6.07, 6.45) is 4.15. The second-order valence-electron chi connectivity index (χ2n) is 4.31. The highest BCUT2D eigenvalue weighted by atomic mass is 35.5. The van der Waals surface area contributed by atoms with E-state index < -0.39 is 0 Å². The summed E-state index contributed by atoms with van der Waals surface area (Å²) in [6, 6.07) is 0.320. The van der Waals surface area contributed by atoms with Crippen LogP contribution in [0.2, 0.25) is 0 Å². The first kappa shape index (κ1) is 15.6. The van der Waals surface area contributed by atoms with Crippen molar-refractivity contribution in [2.24, 2.45) is 5.73 Å². The summed E-state index contributed by atoms with van der Waals surface area (Å²) < 4.78 is 0. The monoisotopic (exact) mass is 252 g/mol. The van der Waals surface area contributed by atoms with Gasteiger partial charge in [0.15, 0.2) is 0 Å². The maximum Gasteiger partial charge on any atom is 0.0174 e. The van der Waals surface area contributed by atoms with Crippen molar-refractivity contribution in [2.75, 3.05) is 25.4 Å². The van der Waals surface area contributed by atoms with Crippen LogP contribution in [0.4, 0.5) is 0 Å². The predicted octanol–water partition coefficient (Wildman–Crippen LogP) is 2.36. The van der Waals surface area contributed by atoms with Gasteiger partial charge in [-0.3, -0.25) is 0 Å². The van der Waals surface area contributed by atoms with Crippen LogP contribution in [0.15, 0.2) is 0 Å². The molecule has 0 aromatic carbocycles. The first-order valence-electron chi connectivity index (χ1n) is 5.82. The molecule has 2 N–H and O–H groups in total. The molecule has 15 heavy (non-hydrogen) atoms. The Morgan fingerprint density at radius 3 is 2.80 bits per heavy atom. The van der Waals surface area contributed by atoms with Gasteiger partial charge in [0.25, 0.3) is 0 Å². The van der Waals surface area contributed by atoms with E-state index in [0.29, 0.717) is 6.04 Å². The van der Waals surface area contributed by atoms with Gasteiger partial charge < -0.3 is 10.6 Å². The van der Waals surface area contributed by atoms with Gasteiger partial charge in [0.2, 0.25) is 0 Å². The number of thioether (sulfide) groups is 1. The van der Waals surface area contributed by atoms with Crippen LogP contribution in [-0.2, 0) is 0 Å². The molecule has 2 unspecified atom stereocenters. The smallest absolute Gasteiger partial charge is 0.0174 e. The first-order valence-corrected chi connectivity index (χ1v) is 6.86. The summed E-state index contributed by atoms with van der Waals surface area (Å²) in [5, 5.41) is 0.848. The first-order chi connectivity index (χ1) is 6.72. The number of likely N-dealkylation sites (tertiary alicyclic amines) is 1. The fourth-order valence-corrected chi connectivity index (χ4v) is 3.24. The average Bonchev–Trinajstić information content (AvgIpc) is 2.30. The molecule has 1 aliphatic rings. The summed E-state index contributed by atoms with van der Waals surface area (Å²) in [7, 11) is 0. The van der Waals surface area contributed by atoms with Gasteiger partial charge in [0.05, 0.1) is 0 Å². The molecule has 2 nitrogen and oxygen atoms in total. The van der Waals surface area contributed by atoms with Crippen LogP contribution >= 0.6 is 24.2 Å². The number of hydrogen-bond acceptors (Lipinski definition) is 3. The molecular formula is C11H25ClN2S. The molecular weight excluding hydrogens is 228 g/mol. The average molecular weight is 253 g/mol. The highest BCUT2D eigenvalue weighted by molar-refractivity contribution is 7.99. The highest BCUT2D eigenvalue weighted by Gasteiger charge is 2.18. The summed E-state index contributed by atoms with van der Waals surface area (Å²) in [4.78, 5) is 2.55. The van der Waals surface area contributed by atoms with E-state index in [9.17, 15) is 0 Å². The van der Waals surface area contributed by atoms with Crippen molar-refractivity contribution in [1.29, 1.82) is 0 Å². The van der Waals surface area contributed by atoms with E-state index in [2.05, 4.69) is 30.5 Å². The van der Waals surface area contributed by atoms with Crippen molar-refractivity contribution < 1.29 is 0 Å². The predicted molar refractivity (Wildman–Crippen MR) is 73.1 cm³/mol. The van der Waals surface area contributed by atoms with Gasteiger partial charge >= 0.3 is 0 Å². The van der Waals surface area contributed by atoms with Crippen LogP contribution in [0.3, 0.4) is 0 Å². The molecule has 0 radical (unpaired) electrons. The van der Waals surface area contributed by atoms with Gasteiger partial charge in [-0.2, -0.15) is 11.8 Å². The molecule has 1 heterocycles. The van der Waals surface area contributed by atoms with E-state index >= 15 is 0 Å². The van der Waals surface area contributed by atoms with Gasteiger partial charge in [-0.25, -0.2) is 0 Å². The Hall–Kier alpha value is 0.560. The van der Waals surface area contributed by atoms with Gasteiger partial charge in [-0.05, 0) is 32.1 Å². The zero-order chi connectivity index (χ0) is 10.4. The molecule has 1 aliphatic heterocycles. The van der Waals surface area contributed by atoms with Gasteiger partial charge in [0, 0.05) is 24.4 Å². The van der Waals surface area contributed by atoms with Crippen molar-refractivity contribution in [1.82, 2.24) is 4.90 Å². The minimum absolute atomic E-state index is 0. The highest BCUT2D eigenvalue weighted by Crippen LogP contribution is 2.21. The zero-order valence-electron chi connectivity index (χ0n) is 9.95. The SMILES string of the molecule is CCSC1CCCCN(CC(C)N)C1.Cl. The molecule has 0 amide bonds. The third kappa shape index (κ3) is 6.67. The van der Waals surface area contributed by atoms with Crippen LogP contribution in [-0.4, -0.2) is 41.6 Å². The minimum Gasteiger partial charge on any atom is -0.327 e.